The molecular formula is C14H28N2O. The molecular weight excluding hydrogens is 212 g/mol. The molecule has 0 unspecified atom stereocenters. The fourth-order valence-corrected chi connectivity index (χ4v) is 2.94. The van der Waals surface area contributed by atoms with E-state index in [1.54, 1.807) is 0 Å². The van der Waals surface area contributed by atoms with Gasteiger partial charge in [-0.25, -0.2) is 0 Å². The Morgan fingerprint density at radius 1 is 1.00 bits per heavy atom. The van der Waals surface area contributed by atoms with E-state index in [9.17, 15) is 0 Å². The lowest BCUT2D eigenvalue weighted by atomic mass is 9.92. The summed E-state index contributed by atoms with van der Waals surface area (Å²) in [7, 11) is 0. The zero-order valence-corrected chi connectivity index (χ0v) is 11.1. The molecule has 0 aromatic rings. The zero-order chi connectivity index (χ0) is 11.8. The Balaban J connectivity index is 1.42. The molecule has 3 heteroatoms. The predicted molar refractivity (Wildman–Crippen MR) is 71.3 cm³/mol. The van der Waals surface area contributed by atoms with Gasteiger partial charge in [0.05, 0.1) is 13.2 Å². The minimum Gasteiger partial charge on any atom is -0.379 e. The van der Waals surface area contributed by atoms with Crippen LogP contribution in [0.3, 0.4) is 0 Å². The van der Waals surface area contributed by atoms with E-state index in [1.807, 2.05) is 0 Å². The number of rotatable bonds is 6. The number of morpholine rings is 1. The summed E-state index contributed by atoms with van der Waals surface area (Å²) in [5.74, 6) is 1.01. The van der Waals surface area contributed by atoms with Gasteiger partial charge >= 0.3 is 0 Å². The molecule has 0 atom stereocenters. The molecule has 2 fully saturated rings. The second-order valence-corrected chi connectivity index (χ2v) is 5.50. The van der Waals surface area contributed by atoms with Crippen LogP contribution in [0.4, 0.5) is 0 Å². The number of unbranched alkanes of at least 4 members (excludes halogenated alkanes) is 2. The van der Waals surface area contributed by atoms with Gasteiger partial charge in [-0.3, -0.25) is 4.90 Å². The van der Waals surface area contributed by atoms with Crippen molar-refractivity contribution in [2.24, 2.45) is 5.92 Å². The topological polar surface area (TPSA) is 24.5 Å². The van der Waals surface area contributed by atoms with Crippen molar-refractivity contribution in [1.82, 2.24) is 10.2 Å². The summed E-state index contributed by atoms with van der Waals surface area (Å²) in [6, 6.07) is 0. The van der Waals surface area contributed by atoms with Crippen LogP contribution in [-0.4, -0.2) is 50.8 Å². The molecule has 2 aliphatic heterocycles. The SMILES string of the molecule is C(CCC1CCNCC1)CCN1CCOCC1. The fraction of sp³-hybridized carbons (Fsp3) is 1.00. The lowest BCUT2D eigenvalue weighted by molar-refractivity contribution is 0.0371. The van der Waals surface area contributed by atoms with Crippen LogP contribution in [0.2, 0.25) is 0 Å². The van der Waals surface area contributed by atoms with Crippen LogP contribution in [-0.2, 0) is 4.74 Å². The number of nitrogens with zero attached hydrogens (tertiary/aromatic N) is 1. The molecule has 3 nitrogen and oxygen atoms in total. The molecule has 0 aromatic carbocycles. The van der Waals surface area contributed by atoms with Crippen LogP contribution in [0.25, 0.3) is 0 Å². The Morgan fingerprint density at radius 2 is 1.76 bits per heavy atom. The van der Waals surface area contributed by atoms with Crippen molar-refractivity contribution in [1.29, 1.82) is 0 Å². The third-order valence-electron chi connectivity index (χ3n) is 4.15. The highest BCUT2D eigenvalue weighted by molar-refractivity contribution is 4.68. The summed E-state index contributed by atoms with van der Waals surface area (Å²) < 4.78 is 5.36. The Bertz CT molecular complexity index is 167. The number of hydrogen-bond donors (Lipinski definition) is 1. The van der Waals surface area contributed by atoms with E-state index in [1.165, 1.54) is 58.2 Å². The third kappa shape index (κ3) is 5.36. The molecule has 100 valence electrons. The highest BCUT2D eigenvalue weighted by Crippen LogP contribution is 2.19. The van der Waals surface area contributed by atoms with Gasteiger partial charge in [0.1, 0.15) is 0 Å². The minimum atomic E-state index is 0.940. The van der Waals surface area contributed by atoms with E-state index in [-0.39, 0.29) is 0 Å². The summed E-state index contributed by atoms with van der Waals surface area (Å²) >= 11 is 0. The third-order valence-corrected chi connectivity index (χ3v) is 4.15. The van der Waals surface area contributed by atoms with Crippen LogP contribution in [0, 0.1) is 5.92 Å². The quantitative estimate of drug-likeness (QED) is 0.717. The van der Waals surface area contributed by atoms with Gasteiger partial charge in [-0.05, 0) is 44.8 Å². The first-order chi connectivity index (χ1) is 8.45. The number of hydrogen-bond acceptors (Lipinski definition) is 3. The first-order valence-corrected chi connectivity index (χ1v) is 7.46. The first kappa shape index (κ1) is 13.3. The highest BCUT2D eigenvalue weighted by atomic mass is 16.5. The maximum absolute atomic E-state index is 5.36. The summed E-state index contributed by atoms with van der Waals surface area (Å²) in [6.07, 6.45) is 8.51. The number of piperidine rings is 1. The molecule has 0 saturated carbocycles. The van der Waals surface area contributed by atoms with Gasteiger partial charge in [-0.2, -0.15) is 0 Å². The number of ether oxygens (including phenoxy) is 1. The Kier molecular flexibility index (Phi) is 6.32. The van der Waals surface area contributed by atoms with Crippen molar-refractivity contribution in [2.75, 3.05) is 45.9 Å². The lowest BCUT2D eigenvalue weighted by Crippen LogP contribution is -2.36. The Hall–Kier alpha value is -0.120. The maximum Gasteiger partial charge on any atom is 0.0594 e. The van der Waals surface area contributed by atoms with Gasteiger partial charge in [0.2, 0.25) is 0 Å². The molecule has 2 saturated heterocycles. The summed E-state index contributed by atoms with van der Waals surface area (Å²) in [6.45, 7) is 7.96. The van der Waals surface area contributed by atoms with Crippen LogP contribution < -0.4 is 5.32 Å². The molecule has 0 amide bonds. The molecule has 2 rings (SSSR count). The lowest BCUT2D eigenvalue weighted by Gasteiger charge is -2.26. The number of nitrogens with one attached hydrogen (secondary N) is 1. The van der Waals surface area contributed by atoms with Crippen LogP contribution in [0.5, 0.6) is 0 Å². The maximum atomic E-state index is 5.36. The molecule has 1 N–H and O–H groups in total. The molecule has 0 spiro atoms. The van der Waals surface area contributed by atoms with Crippen LogP contribution >= 0.6 is 0 Å². The van der Waals surface area contributed by atoms with Gasteiger partial charge < -0.3 is 10.1 Å². The van der Waals surface area contributed by atoms with Crippen LogP contribution in [0.15, 0.2) is 0 Å². The average molecular weight is 240 g/mol. The van der Waals surface area contributed by atoms with E-state index in [0.29, 0.717) is 0 Å². The molecule has 2 heterocycles. The van der Waals surface area contributed by atoms with E-state index in [2.05, 4.69) is 10.2 Å². The van der Waals surface area contributed by atoms with Gasteiger partial charge in [0, 0.05) is 13.1 Å². The van der Waals surface area contributed by atoms with Crippen molar-refractivity contribution >= 4 is 0 Å². The van der Waals surface area contributed by atoms with Gasteiger partial charge in [0.15, 0.2) is 0 Å². The molecule has 0 aliphatic carbocycles. The largest absolute Gasteiger partial charge is 0.379 e. The molecule has 0 aromatic heterocycles. The Morgan fingerprint density at radius 3 is 2.53 bits per heavy atom. The normalized spacial score (nSPS) is 24.0. The average Bonchev–Trinajstić information content (AvgIpc) is 2.41. The molecule has 0 bridgehead atoms. The van der Waals surface area contributed by atoms with E-state index in [4.69, 9.17) is 4.74 Å². The van der Waals surface area contributed by atoms with E-state index < -0.39 is 0 Å². The van der Waals surface area contributed by atoms with Gasteiger partial charge in [-0.1, -0.05) is 19.3 Å². The fourth-order valence-electron chi connectivity index (χ4n) is 2.94. The molecule has 0 radical (unpaired) electrons. The summed E-state index contributed by atoms with van der Waals surface area (Å²) in [4.78, 5) is 2.55. The summed E-state index contributed by atoms with van der Waals surface area (Å²) in [5.41, 5.74) is 0. The summed E-state index contributed by atoms with van der Waals surface area (Å²) in [5, 5.41) is 3.44. The first-order valence-electron chi connectivity index (χ1n) is 7.46. The van der Waals surface area contributed by atoms with Crippen molar-refractivity contribution in [3.05, 3.63) is 0 Å². The zero-order valence-electron chi connectivity index (χ0n) is 11.1. The monoisotopic (exact) mass is 240 g/mol. The second-order valence-electron chi connectivity index (χ2n) is 5.50. The van der Waals surface area contributed by atoms with Crippen molar-refractivity contribution in [2.45, 2.75) is 38.5 Å². The second kappa shape index (κ2) is 8.06. The van der Waals surface area contributed by atoms with E-state index in [0.717, 1.165) is 32.2 Å². The van der Waals surface area contributed by atoms with Crippen molar-refractivity contribution < 1.29 is 4.74 Å². The van der Waals surface area contributed by atoms with Crippen LogP contribution in [0.1, 0.15) is 38.5 Å². The molecule has 2 aliphatic rings. The Labute approximate surface area is 106 Å². The van der Waals surface area contributed by atoms with Crippen molar-refractivity contribution in [3.8, 4) is 0 Å². The van der Waals surface area contributed by atoms with Gasteiger partial charge in [-0.15, -0.1) is 0 Å². The smallest absolute Gasteiger partial charge is 0.0594 e. The van der Waals surface area contributed by atoms with Gasteiger partial charge in [0.25, 0.3) is 0 Å². The molecule has 17 heavy (non-hydrogen) atoms. The standard InChI is InChI=1S/C14H28N2O/c1(2-4-14-5-7-15-8-6-14)3-9-16-10-12-17-13-11-16/h14-15H,1-13H2. The highest BCUT2D eigenvalue weighted by Gasteiger charge is 2.12. The van der Waals surface area contributed by atoms with Crippen molar-refractivity contribution in [3.63, 3.8) is 0 Å². The van der Waals surface area contributed by atoms with E-state index >= 15 is 0 Å². The predicted octanol–water partition coefficient (Wildman–Crippen LogP) is 1.88. The minimum absolute atomic E-state index is 0.940.